The monoisotopic (exact) mass is 489 g/mol. The summed E-state index contributed by atoms with van der Waals surface area (Å²) in [7, 11) is 1.57. The average Bonchev–Trinajstić information content (AvgIpc) is 3.59. The van der Waals surface area contributed by atoms with Crippen LogP contribution in [0, 0.1) is 5.82 Å². The van der Waals surface area contributed by atoms with Crippen LogP contribution >= 0.6 is 0 Å². The zero-order valence-corrected chi connectivity index (χ0v) is 19.7. The van der Waals surface area contributed by atoms with Gasteiger partial charge in [-0.2, -0.15) is 4.98 Å². The molecule has 180 valence electrons. The molecule has 0 aliphatic carbocycles. The zero-order chi connectivity index (χ0) is 25.4. The van der Waals surface area contributed by atoms with Gasteiger partial charge in [-0.3, -0.25) is 4.79 Å². The molecule has 0 aliphatic rings. The van der Waals surface area contributed by atoms with E-state index in [9.17, 15) is 9.18 Å². The van der Waals surface area contributed by atoms with Gasteiger partial charge in [0.1, 0.15) is 17.2 Å². The molecule has 1 N–H and O–H groups in total. The van der Waals surface area contributed by atoms with Crippen molar-refractivity contribution < 1.29 is 18.1 Å². The number of aromatic nitrogens is 2. The number of amides is 1. The molecule has 2 heterocycles. The van der Waals surface area contributed by atoms with Gasteiger partial charge in [0, 0.05) is 29.1 Å². The van der Waals surface area contributed by atoms with E-state index in [1.807, 2.05) is 72.8 Å². The van der Waals surface area contributed by atoms with Crippen LogP contribution < -0.4 is 5.32 Å². The van der Waals surface area contributed by atoms with Crippen LogP contribution in [-0.2, 0) is 0 Å². The van der Waals surface area contributed by atoms with E-state index in [-0.39, 0.29) is 11.7 Å². The molecule has 0 spiro atoms. The van der Waals surface area contributed by atoms with E-state index in [0.29, 0.717) is 39.6 Å². The van der Waals surface area contributed by atoms with Crippen molar-refractivity contribution in [2.75, 3.05) is 7.05 Å². The highest BCUT2D eigenvalue weighted by Gasteiger charge is 2.22. The second-order valence-electron chi connectivity index (χ2n) is 8.47. The Labute approximate surface area is 211 Å². The molecule has 7 heteroatoms. The van der Waals surface area contributed by atoms with E-state index < -0.39 is 0 Å². The van der Waals surface area contributed by atoms with Gasteiger partial charge in [-0.05, 0) is 59.7 Å². The minimum atomic E-state index is -0.361. The van der Waals surface area contributed by atoms with Gasteiger partial charge in [0.25, 0.3) is 11.8 Å². The fraction of sp³-hybridized carbons (Fsp3) is 0.0333. The molecule has 0 unspecified atom stereocenters. The minimum absolute atomic E-state index is 0.289. The number of halogens is 1. The zero-order valence-electron chi connectivity index (χ0n) is 19.7. The molecule has 0 saturated heterocycles. The maximum Gasteiger partial charge on any atom is 0.258 e. The lowest BCUT2D eigenvalue weighted by atomic mass is 9.99. The van der Waals surface area contributed by atoms with Crippen molar-refractivity contribution in [3.8, 4) is 45.3 Å². The molecule has 0 aliphatic heterocycles. The van der Waals surface area contributed by atoms with Crippen molar-refractivity contribution in [2.24, 2.45) is 0 Å². The lowest BCUT2D eigenvalue weighted by molar-refractivity contribution is 0.0964. The van der Waals surface area contributed by atoms with E-state index in [1.165, 1.54) is 12.1 Å². The Kier molecular flexibility index (Phi) is 5.58. The number of furan rings is 1. The van der Waals surface area contributed by atoms with Gasteiger partial charge in [-0.15, -0.1) is 0 Å². The summed E-state index contributed by atoms with van der Waals surface area (Å²) in [4.78, 5) is 17.4. The van der Waals surface area contributed by atoms with E-state index in [1.54, 1.807) is 19.2 Å². The number of rotatable bonds is 5. The Morgan fingerprint density at radius 2 is 1.49 bits per heavy atom. The van der Waals surface area contributed by atoms with E-state index in [4.69, 9.17) is 8.94 Å². The standard InChI is InChI=1S/C30H20FN3O3/c1-32-29(35)26-24-17-21(12-15-25(24)36-27(26)18-10-13-23(31)14-11-18)20-8-5-9-22(16-20)30-33-28(34-37-30)19-6-3-2-4-7-19/h2-17H,1H3,(H,32,35). The van der Waals surface area contributed by atoms with Crippen molar-refractivity contribution in [1.29, 1.82) is 0 Å². The fourth-order valence-electron chi connectivity index (χ4n) is 4.31. The smallest absolute Gasteiger partial charge is 0.258 e. The predicted molar refractivity (Wildman–Crippen MR) is 139 cm³/mol. The van der Waals surface area contributed by atoms with Crippen LogP contribution in [-0.4, -0.2) is 23.1 Å². The van der Waals surface area contributed by atoms with Gasteiger partial charge in [-0.25, -0.2) is 4.39 Å². The molecule has 0 bridgehead atoms. The second kappa shape index (κ2) is 9.20. The molecule has 6 nitrogen and oxygen atoms in total. The van der Waals surface area contributed by atoms with Crippen LogP contribution in [0.15, 0.2) is 106 Å². The lowest BCUT2D eigenvalue weighted by Gasteiger charge is -2.05. The summed E-state index contributed by atoms with van der Waals surface area (Å²) in [5, 5.41) is 7.46. The molecule has 0 atom stereocenters. The molecular formula is C30H20FN3O3. The van der Waals surface area contributed by atoms with Crippen LogP contribution in [0.1, 0.15) is 10.4 Å². The average molecular weight is 490 g/mol. The molecular weight excluding hydrogens is 469 g/mol. The predicted octanol–water partition coefficient (Wildman–Crippen LogP) is 6.98. The quantitative estimate of drug-likeness (QED) is 0.282. The molecule has 0 saturated carbocycles. The molecule has 2 aromatic heterocycles. The van der Waals surface area contributed by atoms with Gasteiger partial charge in [-0.1, -0.05) is 53.7 Å². The Hall–Kier alpha value is -5.04. The Morgan fingerprint density at radius 1 is 0.784 bits per heavy atom. The summed E-state index contributed by atoms with van der Waals surface area (Å²) >= 11 is 0. The van der Waals surface area contributed by atoms with Crippen molar-refractivity contribution in [1.82, 2.24) is 15.5 Å². The highest BCUT2D eigenvalue weighted by atomic mass is 19.1. The highest BCUT2D eigenvalue weighted by molar-refractivity contribution is 6.11. The molecule has 1 amide bonds. The number of carbonyl (C=O) groups excluding carboxylic acids is 1. The van der Waals surface area contributed by atoms with Gasteiger partial charge in [0.15, 0.2) is 0 Å². The molecule has 0 fully saturated rings. The summed E-state index contributed by atoms with van der Waals surface area (Å²) in [5.41, 5.74) is 5.01. The Balaban J connectivity index is 1.42. The van der Waals surface area contributed by atoms with Crippen LogP contribution in [0.3, 0.4) is 0 Å². The molecule has 6 aromatic rings. The molecule has 4 aromatic carbocycles. The third-order valence-electron chi connectivity index (χ3n) is 6.15. The highest BCUT2D eigenvalue weighted by Crippen LogP contribution is 2.37. The maximum atomic E-state index is 13.5. The summed E-state index contributed by atoms with van der Waals surface area (Å²) < 4.78 is 25.1. The van der Waals surface area contributed by atoms with Crippen molar-refractivity contribution in [3.63, 3.8) is 0 Å². The van der Waals surface area contributed by atoms with Gasteiger partial charge >= 0.3 is 0 Å². The lowest BCUT2D eigenvalue weighted by Crippen LogP contribution is -2.18. The number of hydrogen-bond acceptors (Lipinski definition) is 5. The normalized spacial score (nSPS) is 11.1. The van der Waals surface area contributed by atoms with Gasteiger partial charge in [0.05, 0.1) is 5.56 Å². The largest absolute Gasteiger partial charge is 0.455 e. The summed E-state index contributed by atoms with van der Waals surface area (Å²) in [5.74, 6) is 0.669. The third kappa shape index (κ3) is 4.16. The minimum Gasteiger partial charge on any atom is -0.455 e. The van der Waals surface area contributed by atoms with Crippen LogP contribution in [0.4, 0.5) is 4.39 Å². The van der Waals surface area contributed by atoms with Crippen LogP contribution in [0.25, 0.3) is 56.3 Å². The van der Waals surface area contributed by atoms with Crippen molar-refractivity contribution in [3.05, 3.63) is 108 Å². The van der Waals surface area contributed by atoms with E-state index >= 15 is 0 Å². The Bertz CT molecular complexity index is 1740. The van der Waals surface area contributed by atoms with Gasteiger partial charge < -0.3 is 14.3 Å². The summed E-state index contributed by atoms with van der Waals surface area (Å²) in [6, 6.07) is 28.9. The molecule has 37 heavy (non-hydrogen) atoms. The molecule has 6 rings (SSSR count). The first kappa shape index (κ1) is 22.4. The molecule has 0 radical (unpaired) electrons. The first-order valence-electron chi connectivity index (χ1n) is 11.7. The number of nitrogens with zero attached hydrogens (tertiary/aromatic N) is 2. The van der Waals surface area contributed by atoms with Crippen molar-refractivity contribution in [2.45, 2.75) is 0 Å². The first-order valence-corrected chi connectivity index (χ1v) is 11.7. The van der Waals surface area contributed by atoms with E-state index in [0.717, 1.165) is 22.3 Å². The summed E-state index contributed by atoms with van der Waals surface area (Å²) in [6.07, 6.45) is 0. The first-order chi connectivity index (χ1) is 18.1. The third-order valence-corrected chi connectivity index (χ3v) is 6.15. The van der Waals surface area contributed by atoms with Gasteiger partial charge in [0.2, 0.25) is 5.82 Å². The SMILES string of the molecule is CNC(=O)c1c(-c2ccc(F)cc2)oc2ccc(-c3cccc(-c4nc(-c5ccccc5)no4)c3)cc12. The summed E-state index contributed by atoms with van der Waals surface area (Å²) in [6.45, 7) is 0. The number of hydrogen-bond donors (Lipinski definition) is 1. The fourth-order valence-corrected chi connectivity index (χ4v) is 4.31. The number of fused-ring (bicyclic) bond motifs is 1. The number of carbonyl (C=O) groups is 1. The number of benzene rings is 4. The Morgan fingerprint density at radius 3 is 2.27 bits per heavy atom. The maximum absolute atomic E-state index is 13.5. The van der Waals surface area contributed by atoms with Crippen molar-refractivity contribution >= 4 is 16.9 Å². The topological polar surface area (TPSA) is 81.2 Å². The second-order valence-corrected chi connectivity index (χ2v) is 8.47. The van der Waals surface area contributed by atoms with E-state index in [2.05, 4.69) is 15.5 Å². The van der Waals surface area contributed by atoms with Crippen LogP contribution in [0.5, 0.6) is 0 Å². The van der Waals surface area contributed by atoms with Crippen LogP contribution in [0.2, 0.25) is 0 Å². The number of nitrogens with one attached hydrogen (secondary N) is 1.